The van der Waals surface area contributed by atoms with E-state index in [9.17, 15) is 22.9 Å². The summed E-state index contributed by atoms with van der Waals surface area (Å²) in [5, 5.41) is 13.1. The molecule has 0 radical (unpaired) electrons. The first-order chi connectivity index (χ1) is 23.3. The van der Waals surface area contributed by atoms with Crippen LogP contribution in [0.25, 0.3) is 0 Å². The molecule has 3 N–H and O–H groups in total. The Hall–Kier alpha value is -3.00. The number of aliphatic hydroxyl groups is 1. The molecular weight excluding hydrogens is 619 g/mol. The Labute approximate surface area is 293 Å². The lowest BCUT2D eigenvalue weighted by molar-refractivity contribution is -0.122. The van der Waals surface area contributed by atoms with Gasteiger partial charge in [0, 0.05) is 6.42 Å². The minimum absolute atomic E-state index is 0.222. The number of carbonyl (C=O) groups is 1. The summed E-state index contributed by atoms with van der Waals surface area (Å²) in [5.74, 6) is -1.08. The molecule has 6 nitrogen and oxygen atoms in total. The van der Waals surface area contributed by atoms with Crippen molar-refractivity contribution in [2.24, 2.45) is 0 Å². The van der Waals surface area contributed by atoms with E-state index in [1.165, 1.54) is 18.9 Å². The number of carbonyl (C=O) groups excluding carboxylic acids is 1. The maximum atomic E-state index is 12.4. The second-order valence-electron chi connectivity index (χ2n) is 11.7. The van der Waals surface area contributed by atoms with Gasteiger partial charge in [-0.25, -0.2) is 0 Å². The molecule has 0 aliphatic heterocycles. The summed E-state index contributed by atoms with van der Waals surface area (Å²) in [7, 11) is -4.38. The first-order valence-electron chi connectivity index (χ1n) is 18.1. The summed E-state index contributed by atoms with van der Waals surface area (Å²) < 4.78 is 32.3. The fraction of sp³-hybridized carbons (Fsp3) is 0.537. The monoisotopic (exact) mass is 683 g/mol. The highest BCUT2D eigenvalue weighted by molar-refractivity contribution is 7.85. The number of hydrogen-bond acceptors (Lipinski definition) is 4. The van der Waals surface area contributed by atoms with Crippen molar-refractivity contribution in [1.29, 1.82) is 0 Å². The number of amides is 1. The van der Waals surface area contributed by atoms with Crippen LogP contribution in [0, 0.1) is 0 Å². The first kappa shape index (κ1) is 45.0. The molecule has 0 aliphatic rings. The topological polar surface area (TPSA) is 104 Å². The van der Waals surface area contributed by atoms with E-state index < -0.39 is 28.0 Å². The molecule has 0 aromatic heterocycles. The number of allylic oxidation sites excluding steroid dienone is 17. The van der Waals surface area contributed by atoms with Gasteiger partial charge in [0.2, 0.25) is 5.91 Å². The zero-order chi connectivity index (χ0) is 35.4. The van der Waals surface area contributed by atoms with Crippen molar-refractivity contribution in [1.82, 2.24) is 5.32 Å². The zero-order valence-electron chi connectivity index (χ0n) is 29.8. The Kier molecular flexibility index (Phi) is 31.8. The molecule has 2 unspecified atom stereocenters. The third kappa shape index (κ3) is 34.3. The molecule has 48 heavy (non-hydrogen) atoms. The molecule has 270 valence electrons. The molecule has 0 bridgehead atoms. The van der Waals surface area contributed by atoms with Crippen LogP contribution in [0.1, 0.15) is 123 Å². The van der Waals surface area contributed by atoms with Crippen LogP contribution in [0.2, 0.25) is 0 Å². The lowest BCUT2D eigenvalue weighted by Crippen LogP contribution is -2.46. The highest BCUT2D eigenvalue weighted by Crippen LogP contribution is 2.07. The molecule has 0 aromatic rings. The molecule has 1 amide bonds. The lowest BCUT2D eigenvalue weighted by Gasteiger charge is -2.21. The maximum Gasteiger partial charge on any atom is 0.267 e. The van der Waals surface area contributed by atoms with Gasteiger partial charge in [-0.05, 0) is 89.9 Å². The molecule has 0 spiro atoms. The van der Waals surface area contributed by atoms with E-state index in [1.54, 1.807) is 6.08 Å². The largest absolute Gasteiger partial charge is 0.387 e. The van der Waals surface area contributed by atoms with E-state index in [2.05, 4.69) is 116 Å². The Morgan fingerprint density at radius 3 is 1.48 bits per heavy atom. The van der Waals surface area contributed by atoms with Crippen molar-refractivity contribution in [3.63, 3.8) is 0 Å². The van der Waals surface area contributed by atoms with Crippen LogP contribution in [-0.2, 0) is 14.9 Å². The van der Waals surface area contributed by atoms with Gasteiger partial charge < -0.3 is 10.4 Å². The quantitative estimate of drug-likeness (QED) is 0.0397. The smallest absolute Gasteiger partial charge is 0.267 e. The van der Waals surface area contributed by atoms with Gasteiger partial charge in [-0.15, -0.1) is 0 Å². The highest BCUT2D eigenvalue weighted by Gasteiger charge is 2.24. The third-order valence-corrected chi connectivity index (χ3v) is 7.94. The number of unbranched alkanes of at least 4 members (excludes halogenated alkanes) is 6. The normalized spacial score (nSPS) is 14.7. The van der Waals surface area contributed by atoms with Crippen molar-refractivity contribution >= 4 is 16.0 Å². The van der Waals surface area contributed by atoms with Crippen LogP contribution in [0.4, 0.5) is 0 Å². The van der Waals surface area contributed by atoms with Crippen molar-refractivity contribution in [3.05, 3.63) is 109 Å². The average molecular weight is 684 g/mol. The average Bonchev–Trinajstić information content (AvgIpc) is 3.05. The second kappa shape index (κ2) is 33.9. The minimum Gasteiger partial charge on any atom is -0.387 e. The van der Waals surface area contributed by atoms with Crippen LogP contribution in [0.15, 0.2) is 109 Å². The number of nitrogens with one attached hydrogen (secondary N) is 1. The van der Waals surface area contributed by atoms with Gasteiger partial charge in [0.05, 0.1) is 17.9 Å². The van der Waals surface area contributed by atoms with Crippen molar-refractivity contribution in [3.8, 4) is 0 Å². The molecule has 7 heteroatoms. The predicted octanol–water partition coefficient (Wildman–Crippen LogP) is 10.4. The van der Waals surface area contributed by atoms with Crippen molar-refractivity contribution < 1.29 is 22.9 Å². The lowest BCUT2D eigenvalue weighted by atomic mass is 10.1. The summed E-state index contributed by atoms with van der Waals surface area (Å²) in [6.45, 7) is 4.33. The number of hydrogen-bond donors (Lipinski definition) is 3. The summed E-state index contributed by atoms with van der Waals surface area (Å²) in [5.41, 5.74) is 0. The second-order valence-corrected chi connectivity index (χ2v) is 13.2. The van der Waals surface area contributed by atoms with E-state index in [-0.39, 0.29) is 12.3 Å². The van der Waals surface area contributed by atoms with Crippen LogP contribution in [0.5, 0.6) is 0 Å². The molecule has 0 fully saturated rings. The zero-order valence-corrected chi connectivity index (χ0v) is 30.6. The molecule has 0 aromatic carbocycles. The van der Waals surface area contributed by atoms with Crippen LogP contribution < -0.4 is 5.32 Å². The molecule has 0 saturated carbocycles. The van der Waals surface area contributed by atoms with E-state index in [0.29, 0.717) is 12.8 Å². The number of aliphatic hydroxyl groups excluding tert-OH is 1. The standard InChI is InChI=1S/C41H65NO5S/c1-3-5-7-9-11-13-15-17-18-19-20-21-22-23-24-25-27-29-31-33-35-37-41(44)42-39(38-48(45,46)47)40(43)36-34-32-30-28-26-16-14-12-10-8-6-4-2/h5,7,10-13,17-18,20-21,23-24,26-29,34,36,39-40,43H,3-4,6,8-9,14-16,19,22,25,30-33,35,37-38H2,1-2H3,(H,42,44)(H,45,46,47)/b7-5-,12-10+,13-11-,18-17-,21-20-,24-23-,28-26+,29-27-,36-34+. The summed E-state index contributed by atoms with van der Waals surface area (Å²) in [6, 6.07) is -1.11. The number of rotatable bonds is 30. The maximum absolute atomic E-state index is 12.4. The fourth-order valence-corrected chi connectivity index (χ4v) is 5.20. The summed E-state index contributed by atoms with van der Waals surface area (Å²) >= 11 is 0. The Morgan fingerprint density at radius 1 is 0.583 bits per heavy atom. The van der Waals surface area contributed by atoms with Crippen molar-refractivity contribution in [2.75, 3.05) is 5.75 Å². The molecule has 0 rings (SSSR count). The van der Waals surface area contributed by atoms with Gasteiger partial charge in [0.15, 0.2) is 0 Å². The molecule has 2 atom stereocenters. The van der Waals surface area contributed by atoms with Crippen LogP contribution in [-0.4, -0.2) is 41.9 Å². The van der Waals surface area contributed by atoms with E-state index >= 15 is 0 Å². The van der Waals surface area contributed by atoms with E-state index in [1.807, 2.05) is 0 Å². The Bertz CT molecular complexity index is 1160. The van der Waals surface area contributed by atoms with Crippen LogP contribution in [0.3, 0.4) is 0 Å². The van der Waals surface area contributed by atoms with Gasteiger partial charge >= 0.3 is 0 Å². The first-order valence-corrected chi connectivity index (χ1v) is 19.7. The molecular formula is C41H65NO5S. The van der Waals surface area contributed by atoms with E-state index in [4.69, 9.17) is 0 Å². The predicted molar refractivity (Wildman–Crippen MR) is 206 cm³/mol. The van der Waals surface area contributed by atoms with Gasteiger partial charge in [0.25, 0.3) is 10.1 Å². The molecule has 0 heterocycles. The Balaban J connectivity index is 4.17. The summed E-state index contributed by atoms with van der Waals surface area (Å²) in [6.07, 6.45) is 52.1. The van der Waals surface area contributed by atoms with Crippen molar-refractivity contribution in [2.45, 2.75) is 135 Å². The third-order valence-electron chi connectivity index (χ3n) is 7.16. The summed E-state index contributed by atoms with van der Waals surface area (Å²) in [4.78, 5) is 12.4. The Morgan fingerprint density at radius 2 is 1.00 bits per heavy atom. The highest BCUT2D eigenvalue weighted by atomic mass is 32.2. The van der Waals surface area contributed by atoms with Gasteiger partial charge in [-0.2, -0.15) is 8.42 Å². The van der Waals surface area contributed by atoms with Gasteiger partial charge in [0.1, 0.15) is 0 Å². The van der Waals surface area contributed by atoms with Gasteiger partial charge in [-0.1, -0.05) is 136 Å². The minimum atomic E-state index is -4.38. The SMILES string of the molecule is CC/C=C\C/C=C\C/C=C\C/C=C\C/C=C\C/C=C\CCCCC(=O)NC(CS(=O)(=O)O)C(O)/C=C/CC/C=C/CC/C=C/CCCC. The van der Waals surface area contributed by atoms with Gasteiger partial charge in [-0.3, -0.25) is 9.35 Å². The van der Waals surface area contributed by atoms with E-state index in [0.717, 1.165) is 77.0 Å². The fourth-order valence-electron chi connectivity index (χ4n) is 4.47. The molecule has 0 saturated heterocycles. The van der Waals surface area contributed by atoms with Crippen LogP contribution >= 0.6 is 0 Å². The molecule has 0 aliphatic carbocycles.